The van der Waals surface area contributed by atoms with Gasteiger partial charge in [0.15, 0.2) is 5.82 Å². The summed E-state index contributed by atoms with van der Waals surface area (Å²) in [4.78, 5) is 24.2. The highest BCUT2D eigenvalue weighted by molar-refractivity contribution is 6.35. The van der Waals surface area contributed by atoms with Gasteiger partial charge in [-0.2, -0.15) is 26.3 Å². The van der Waals surface area contributed by atoms with Gasteiger partial charge in [0.2, 0.25) is 5.91 Å². The van der Waals surface area contributed by atoms with Crippen molar-refractivity contribution in [3.63, 3.8) is 0 Å². The molecule has 202 valence electrons. The summed E-state index contributed by atoms with van der Waals surface area (Å²) in [6.45, 7) is -2.28. The first kappa shape index (κ1) is 29.2. The monoisotopic (exact) mass is 580 g/mol. The van der Waals surface area contributed by atoms with Crippen LogP contribution >= 0.6 is 23.2 Å². The number of fused-ring (bicyclic) bond motifs is 1. The fraction of sp³-hybridized carbons (Fsp3) is 0.200. The Labute approximate surface area is 221 Å². The van der Waals surface area contributed by atoms with E-state index in [0.29, 0.717) is 16.3 Å². The van der Waals surface area contributed by atoms with Crippen molar-refractivity contribution in [1.29, 1.82) is 0 Å². The van der Waals surface area contributed by atoms with Crippen molar-refractivity contribution < 1.29 is 40.3 Å². The fourth-order valence-corrected chi connectivity index (χ4v) is 4.05. The topological polar surface area (TPSA) is 58.2 Å². The number of carbonyl (C=O) groups excluding carboxylic acids is 2. The van der Waals surface area contributed by atoms with Gasteiger partial charge in [-0.3, -0.25) is 9.59 Å². The molecule has 0 aliphatic heterocycles. The van der Waals surface area contributed by atoms with Crippen LogP contribution in [0.25, 0.3) is 16.8 Å². The molecular weight excluding hydrogens is 564 g/mol. The third kappa shape index (κ3) is 7.38. The van der Waals surface area contributed by atoms with E-state index >= 15 is 0 Å². The maximum absolute atomic E-state index is 13.8. The number of hydrogen-bond acceptors (Lipinski definition) is 2. The van der Waals surface area contributed by atoms with E-state index in [9.17, 15) is 40.3 Å². The molecule has 3 aromatic rings. The zero-order valence-corrected chi connectivity index (χ0v) is 20.5. The lowest BCUT2D eigenvalue weighted by atomic mass is 9.94. The van der Waals surface area contributed by atoms with Gasteiger partial charge in [-0.25, -0.2) is 4.39 Å². The van der Waals surface area contributed by atoms with Gasteiger partial charge in [-0.15, -0.1) is 0 Å². The molecule has 3 aromatic carbocycles. The minimum Gasteiger partial charge on any atom is -0.345 e. The third-order valence-electron chi connectivity index (χ3n) is 5.28. The highest BCUT2D eigenvalue weighted by Gasteiger charge is 2.39. The second-order valence-electron chi connectivity index (χ2n) is 8.00. The van der Waals surface area contributed by atoms with Crippen LogP contribution in [0.2, 0.25) is 10.0 Å². The van der Waals surface area contributed by atoms with Crippen LogP contribution in [0, 0.1) is 5.82 Å². The highest BCUT2D eigenvalue weighted by Crippen LogP contribution is 2.39. The SMILES string of the molecule is O=C(CNC(=O)c1ccc(/C=C/C(c2cc(Cl)c(F)c(Cl)c2)C(F)(F)F)c2ccccc12)NCC(F)(F)F. The van der Waals surface area contributed by atoms with E-state index in [0.717, 1.165) is 18.2 Å². The summed E-state index contributed by atoms with van der Waals surface area (Å²) in [5.74, 6) is -5.06. The van der Waals surface area contributed by atoms with Crippen molar-refractivity contribution in [2.45, 2.75) is 18.3 Å². The standard InChI is InChI=1S/C25H17Cl2F7N2O2/c26-19-9-14(10-20(27)22(19)28)18(25(32,33)34)8-6-13-5-7-17(16-4-2-1-3-15(13)16)23(38)35-11-21(37)36-12-24(29,30)31/h1-10,18H,11-12H2,(H,35,38)(H,36,37)/b8-6+. The lowest BCUT2D eigenvalue weighted by Crippen LogP contribution is -2.40. The van der Waals surface area contributed by atoms with E-state index in [4.69, 9.17) is 23.2 Å². The van der Waals surface area contributed by atoms with E-state index in [1.807, 2.05) is 0 Å². The maximum atomic E-state index is 13.8. The number of rotatable bonds is 7. The molecule has 0 fully saturated rings. The van der Waals surface area contributed by atoms with Gasteiger partial charge in [-0.1, -0.05) is 65.7 Å². The molecule has 1 atom stereocenters. The second kappa shape index (κ2) is 11.6. The average molecular weight is 581 g/mol. The maximum Gasteiger partial charge on any atom is 0.405 e. The molecule has 0 saturated carbocycles. The molecule has 0 bridgehead atoms. The quantitative estimate of drug-likeness (QED) is 0.232. The number of alkyl halides is 6. The number of halogens is 9. The Kier molecular flexibility index (Phi) is 8.94. The Hall–Kier alpha value is -3.31. The number of amides is 2. The zero-order chi connectivity index (χ0) is 28.3. The zero-order valence-electron chi connectivity index (χ0n) is 19.0. The molecule has 0 aliphatic rings. The van der Waals surface area contributed by atoms with E-state index in [2.05, 4.69) is 5.32 Å². The summed E-state index contributed by atoms with van der Waals surface area (Å²) < 4.78 is 91.9. The molecule has 3 rings (SSSR count). The van der Waals surface area contributed by atoms with E-state index in [-0.39, 0.29) is 11.1 Å². The van der Waals surface area contributed by atoms with Crippen LogP contribution in [-0.4, -0.2) is 37.3 Å². The van der Waals surface area contributed by atoms with Gasteiger partial charge in [0.25, 0.3) is 5.91 Å². The van der Waals surface area contributed by atoms with Crippen LogP contribution in [0.3, 0.4) is 0 Å². The highest BCUT2D eigenvalue weighted by atomic mass is 35.5. The van der Waals surface area contributed by atoms with Crippen molar-refractivity contribution in [2.24, 2.45) is 0 Å². The van der Waals surface area contributed by atoms with Crippen molar-refractivity contribution in [2.75, 3.05) is 13.1 Å². The van der Waals surface area contributed by atoms with Crippen molar-refractivity contribution >= 4 is 51.9 Å². The minimum absolute atomic E-state index is 0.0471. The molecule has 2 N–H and O–H groups in total. The first-order valence-electron chi connectivity index (χ1n) is 10.7. The van der Waals surface area contributed by atoms with Gasteiger partial charge in [0, 0.05) is 5.56 Å². The Bertz CT molecular complexity index is 1370. The number of carbonyl (C=O) groups is 2. The summed E-state index contributed by atoms with van der Waals surface area (Å²) in [5, 5.41) is 3.40. The summed E-state index contributed by atoms with van der Waals surface area (Å²) in [6, 6.07) is 10.6. The Morgan fingerprint density at radius 3 is 2.08 bits per heavy atom. The van der Waals surface area contributed by atoms with Gasteiger partial charge in [0.1, 0.15) is 6.54 Å². The van der Waals surface area contributed by atoms with Gasteiger partial charge < -0.3 is 10.6 Å². The molecule has 0 heterocycles. The van der Waals surface area contributed by atoms with Crippen LogP contribution in [0.4, 0.5) is 30.7 Å². The van der Waals surface area contributed by atoms with Crippen LogP contribution in [0.1, 0.15) is 27.4 Å². The summed E-state index contributed by atoms with van der Waals surface area (Å²) in [6.07, 6.45) is -7.37. The van der Waals surface area contributed by atoms with Crippen LogP contribution < -0.4 is 10.6 Å². The lowest BCUT2D eigenvalue weighted by molar-refractivity contribution is -0.139. The molecule has 0 aliphatic carbocycles. The molecule has 1 unspecified atom stereocenters. The molecule has 38 heavy (non-hydrogen) atoms. The summed E-state index contributed by atoms with van der Waals surface area (Å²) >= 11 is 11.3. The van der Waals surface area contributed by atoms with E-state index in [1.54, 1.807) is 23.5 Å². The molecule has 0 saturated heterocycles. The van der Waals surface area contributed by atoms with Crippen LogP contribution in [0.15, 0.2) is 54.6 Å². The average Bonchev–Trinajstić information content (AvgIpc) is 2.83. The van der Waals surface area contributed by atoms with Crippen LogP contribution in [-0.2, 0) is 4.79 Å². The molecule has 13 heteroatoms. The molecule has 0 spiro atoms. The second-order valence-corrected chi connectivity index (χ2v) is 8.81. The van der Waals surface area contributed by atoms with Gasteiger partial charge in [0.05, 0.1) is 22.5 Å². The van der Waals surface area contributed by atoms with Gasteiger partial charge >= 0.3 is 12.4 Å². The molecule has 0 aromatic heterocycles. The first-order chi connectivity index (χ1) is 17.7. The largest absolute Gasteiger partial charge is 0.405 e. The smallest absolute Gasteiger partial charge is 0.345 e. The molecule has 4 nitrogen and oxygen atoms in total. The van der Waals surface area contributed by atoms with E-state index in [1.165, 1.54) is 24.3 Å². The van der Waals surface area contributed by atoms with E-state index < -0.39 is 59.0 Å². The number of benzene rings is 3. The fourth-order valence-electron chi connectivity index (χ4n) is 3.55. The predicted octanol–water partition coefficient (Wildman–Crippen LogP) is 7.05. The molecule has 2 amide bonds. The minimum atomic E-state index is -4.77. The van der Waals surface area contributed by atoms with Gasteiger partial charge in [-0.05, 0) is 40.1 Å². The first-order valence-corrected chi connectivity index (χ1v) is 11.5. The summed E-state index contributed by atoms with van der Waals surface area (Å²) in [5.41, 5.74) is -0.0336. The third-order valence-corrected chi connectivity index (χ3v) is 5.83. The number of hydrogen-bond donors (Lipinski definition) is 2. The Morgan fingerprint density at radius 1 is 0.895 bits per heavy atom. The number of allylic oxidation sites excluding steroid dienone is 1. The Balaban J connectivity index is 1.89. The molecular formula is C25H17Cl2F7N2O2. The van der Waals surface area contributed by atoms with Crippen molar-refractivity contribution in [1.82, 2.24) is 10.6 Å². The van der Waals surface area contributed by atoms with Crippen molar-refractivity contribution in [3.8, 4) is 0 Å². The number of nitrogens with one attached hydrogen (secondary N) is 2. The predicted molar refractivity (Wildman–Crippen MR) is 130 cm³/mol. The normalized spacial score (nSPS) is 13.1. The molecule has 0 radical (unpaired) electrons. The van der Waals surface area contributed by atoms with Crippen molar-refractivity contribution in [3.05, 3.63) is 87.2 Å². The lowest BCUT2D eigenvalue weighted by Gasteiger charge is -2.18. The summed E-state index contributed by atoms with van der Waals surface area (Å²) in [7, 11) is 0. The van der Waals surface area contributed by atoms with Crippen LogP contribution in [0.5, 0.6) is 0 Å². The Morgan fingerprint density at radius 2 is 1.50 bits per heavy atom.